The van der Waals surface area contributed by atoms with Gasteiger partial charge in [-0.15, -0.1) is 11.8 Å². The van der Waals surface area contributed by atoms with Crippen LogP contribution in [0, 0.1) is 17.8 Å². The molecule has 1 atom stereocenters. The average molecular weight is 268 g/mol. The highest BCUT2D eigenvalue weighted by atomic mass is 16.5. The number of Topliss-reactive ketones (excluding diaryl/α,β-unsaturated/α-hetero) is 1. The summed E-state index contributed by atoms with van der Waals surface area (Å²) in [5.41, 5.74) is 0. The number of hydrogen-bond acceptors (Lipinski definition) is 5. The number of esters is 2. The van der Waals surface area contributed by atoms with Crippen LogP contribution >= 0.6 is 0 Å². The van der Waals surface area contributed by atoms with Crippen LogP contribution in [0.25, 0.3) is 0 Å². The third kappa shape index (κ3) is 7.98. The molecule has 0 saturated heterocycles. The second-order valence-electron chi connectivity index (χ2n) is 3.90. The molecule has 0 spiro atoms. The first-order chi connectivity index (χ1) is 9.02. The first-order valence-electron chi connectivity index (χ1n) is 6.22. The third-order valence-corrected chi connectivity index (χ3v) is 2.40. The second-order valence-corrected chi connectivity index (χ2v) is 3.90. The van der Waals surface area contributed by atoms with Crippen molar-refractivity contribution in [3.8, 4) is 11.8 Å². The van der Waals surface area contributed by atoms with E-state index in [1.807, 2.05) is 0 Å². The largest absolute Gasteiger partial charge is 0.469 e. The summed E-state index contributed by atoms with van der Waals surface area (Å²) in [5.74, 6) is 3.75. The van der Waals surface area contributed by atoms with Gasteiger partial charge in [-0.05, 0) is 20.3 Å². The second kappa shape index (κ2) is 10.1. The van der Waals surface area contributed by atoms with E-state index in [1.165, 1.54) is 14.0 Å². The quantitative estimate of drug-likeness (QED) is 0.303. The zero-order valence-electron chi connectivity index (χ0n) is 11.7. The first kappa shape index (κ1) is 17.2. The molecule has 0 aromatic rings. The number of methoxy groups -OCH3 is 1. The lowest BCUT2D eigenvalue weighted by atomic mass is 10.0. The number of rotatable bonds is 7. The fourth-order valence-corrected chi connectivity index (χ4v) is 1.32. The topological polar surface area (TPSA) is 69.7 Å². The van der Waals surface area contributed by atoms with Gasteiger partial charge in [-0.3, -0.25) is 14.4 Å². The van der Waals surface area contributed by atoms with E-state index in [0.29, 0.717) is 19.3 Å². The van der Waals surface area contributed by atoms with Crippen molar-refractivity contribution in [3.05, 3.63) is 0 Å². The molecule has 0 aliphatic rings. The molecule has 0 aliphatic carbocycles. The summed E-state index contributed by atoms with van der Waals surface area (Å²) in [4.78, 5) is 33.6. The van der Waals surface area contributed by atoms with Crippen molar-refractivity contribution in [2.24, 2.45) is 5.92 Å². The van der Waals surface area contributed by atoms with E-state index in [4.69, 9.17) is 4.74 Å². The van der Waals surface area contributed by atoms with E-state index in [0.717, 1.165) is 0 Å². The summed E-state index contributed by atoms with van der Waals surface area (Å²) in [6, 6.07) is 0. The normalized spacial score (nSPS) is 10.9. The molecule has 106 valence electrons. The van der Waals surface area contributed by atoms with Gasteiger partial charge in [0.05, 0.1) is 13.7 Å². The number of ketones is 1. The van der Waals surface area contributed by atoms with E-state index in [2.05, 4.69) is 16.6 Å². The molecule has 0 heterocycles. The molecule has 0 rings (SSSR count). The summed E-state index contributed by atoms with van der Waals surface area (Å²) in [6.45, 7) is 3.28. The smallest absolute Gasteiger partial charge is 0.317 e. The molecule has 0 N–H and O–H groups in total. The van der Waals surface area contributed by atoms with Crippen LogP contribution < -0.4 is 0 Å². The number of unbranched alkanes of at least 4 members (excludes halogenated alkanes) is 1. The van der Waals surface area contributed by atoms with Crippen molar-refractivity contribution in [2.75, 3.05) is 13.7 Å². The van der Waals surface area contributed by atoms with Crippen LogP contribution in [0.2, 0.25) is 0 Å². The molecule has 0 aromatic heterocycles. The third-order valence-electron chi connectivity index (χ3n) is 2.40. The van der Waals surface area contributed by atoms with Crippen LogP contribution in [0.4, 0.5) is 0 Å². The molecule has 0 saturated carbocycles. The van der Waals surface area contributed by atoms with Gasteiger partial charge in [0.25, 0.3) is 0 Å². The van der Waals surface area contributed by atoms with E-state index in [9.17, 15) is 14.4 Å². The standard InChI is InChI=1S/C14H20O5/c1-4-19-14(17)12(11(2)15)9-7-5-6-8-10-13(16)18-3/h12H,4,6,8-10H2,1-3H3/t12-/m1/s1. The fourth-order valence-electron chi connectivity index (χ4n) is 1.32. The van der Waals surface area contributed by atoms with Crippen molar-refractivity contribution >= 4 is 17.7 Å². The van der Waals surface area contributed by atoms with Crippen LogP contribution in [-0.2, 0) is 23.9 Å². The minimum Gasteiger partial charge on any atom is -0.469 e. The maximum Gasteiger partial charge on any atom is 0.317 e. The Morgan fingerprint density at radius 3 is 2.42 bits per heavy atom. The van der Waals surface area contributed by atoms with Crippen molar-refractivity contribution < 1.29 is 23.9 Å². The van der Waals surface area contributed by atoms with Gasteiger partial charge in [0.1, 0.15) is 11.7 Å². The van der Waals surface area contributed by atoms with Gasteiger partial charge in [0, 0.05) is 19.3 Å². The Morgan fingerprint density at radius 1 is 1.21 bits per heavy atom. The monoisotopic (exact) mass is 268 g/mol. The number of carbonyl (C=O) groups is 3. The molecular formula is C14H20O5. The summed E-state index contributed by atoms with van der Waals surface area (Å²) in [7, 11) is 1.34. The van der Waals surface area contributed by atoms with Crippen molar-refractivity contribution in [1.29, 1.82) is 0 Å². The highest BCUT2D eigenvalue weighted by Gasteiger charge is 2.23. The zero-order valence-corrected chi connectivity index (χ0v) is 11.7. The lowest BCUT2D eigenvalue weighted by Crippen LogP contribution is -2.23. The Morgan fingerprint density at radius 2 is 1.89 bits per heavy atom. The van der Waals surface area contributed by atoms with Gasteiger partial charge in [-0.1, -0.05) is 0 Å². The summed E-state index contributed by atoms with van der Waals surface area (Å²) in [5, 5.41) is 0. The molecule has 0 radical (unpaired) electrons. The Balaban J connectivity index is 4.09. The van der Waals surface area contributed by atoms with E-state index in [-0.39, 0.29) is 24.8 Å². The lowest BCUT2D eigenvalue weighted by molar-refractivity contribution is -0.151. The molecule has 0 unspecified atom stereocenters. The zero-order chi connectivity index (χ0) is 14.7. The van der Waals surface area contributed by atoms with Crippen molar-refractivity contribution in [3.63, 3.8) is 0 Å². The highest BCUT2D eigenvalue weighted by molar-refractivity contribution is 5.97. The fraction of sp³-hybridized carbons (Fsp3) is 0.643. The van der Waals surface area contributed by atoms with Crippen molar-refractivity contribution in [2.45, 2.75) is 39.5 Å². The van der Waals surface area contributed by atoms with Crippen LogP contribution in [0.5, 0.6) is 0 Å². The minimum absolute atomic E-state index is 0.159. The average Bonchev–Trinajstić information content (AvgIpc) is 2.37. The van der Waals surface area contributed by atoms with Crippen LogP contribution in [0.3, 0.4) is 0 Å². The lowest BCUT2D eigenvalue weighted by Gasteiger charge is -2.08. The molecule has 0 fully saturated rings. The van der Waals surface area contributed by atoms with E-state index in [1.54, 1.807) is 6.92 Å². The molecule has 0 bridgehead atoms. The minimum atomic E-state index is -0.812. The molecule has 0 amide bonds. The predicted molar refractivity (Wildman–Crippen MR) is 69.1 cm³/mol. The maximum absolute atomic E-state index is 11.5. The predicted octanol–water partition coefficient (Wildman–Crippen LogP) is 1.49. The van der Waals surface area contributed by atoms with Gasteiger partial charge in [0.15, 0.2) is 0 Å². The molecule has 5 heteroatoms. The number of carbonyl (C=O) groups excluding carboxylic acids is 3. The maximum atomic E-state index is 11.5. The molecule has 19 heavy (non-hydrogen) atoms. The van der Waals surface area contributed by atoms with Crippen LogP contribution in [-0.4, -0.2) is 31.4 Å². The van der Waals surface area contributed by atoms with E-state index >= 15 is 0 Å². The Hall–Kier alpha value is -1.83. The van der Waals surface area contributed by atoms with Gasteiger partial charge in [-0.25, -0.2) is 0 Å². The highest BCUT2D eigenvalue weighted by Crippen LogP contribution is 2.07. The van der Waals surface area contributed by atoms with Gasteiger partial charge in [0.2, 0.25) is 0 Å². The van der Waals surface area contributed by atoms with Crippen LogP contribution in [0.15, 0.2) is 0 Å². The van der Waals surface area contributed by atoms with Gasteiger partial charge in [-0.2, -0.15) is 0 Å². The Bertz CT molecular complexity index is 375. The van der Waals surface area contributed by atoms with Crippen LogP contribution in [0.1, 0.15) is 39.5 Å². The molecule has 5 nitrogen and oxygen atoms in total. The van der Waals surface area contributed by atoms with Gasteiger partial charge < -0.3 is 9.47 Å². The molecule has 0 aromatic carbocycles. The summed E-state index contributed by atoms with van der Waals surface area (Å²) in [6.07, 6.45) is 1.61. The van der Waals surface area contributed by atoms with Crippen molar-refractivity contribution in [1.82, 2.24) is 0 Å². The number of ether oxygens (including phenoxy) is 2. The molecule has 0 aliphatic heterocycles. The number of hydrogen-bond donors (Lipinski definition) is 0. The van der Waals surface area contributed by atoms with E-state index < -0.39 is 11.9 Å². The Labute approximate surface area is 113 Å². The molecular weight excluding hydrogens is 248 g/mol. The van der Waals surface area contributed by atoms with Gasteiger partial charge >= 0.3 is 11.9 Å². The summed E-state index contributed by atoms with van der Waals surface area (Å²) >= 11 is 0. The first-order valence-corrected chi connectivity index (χ1v) is 6.22. The Kier molecular flexibility index (Phi) is 9.15. The SMILES string of the molecule is CCOC(=O)[C@H](CC#CCCCC(=O)OC)C(C)=O. The summed E-state index contributed by atoms with van der Waals surface area (Å²) < 4.78 is 9.29.